The van der Waals surface area contributed by atoms with Crippen LogP contribution in [-0.4, -0.2) is 23.6 Å². The third kappa shape index (κ3) is 11.9. The lowest BCUT2D eigenvalue weighted by Crippen LogP contribution is -2.17. The Morgan fingerprint density at radius 3 is 0.797 bits per heavy atom. The van der Waals surface area contributed by atoms with Crippen molar-refractivity contribution in [2.45, 2.75) is 24.7 Å². The van der Waals surface area contributed by atoms with Gasteiger partial charge in [-0.1, -0.05) is 24.3 Å². The third-order valence-corrected chi connectivity index (χ3v) is 10.8. The minimum atomic E-state index is -5.32. The summed E-state index contributed by atoms with van der Waals surface area (Å²) in [4.78, 5) is 51.5. The molecule has 24 heteroatoms. The van der Waals surface area contributed by atoms with Crippen LogP contribution in [0.25, 0.3) is 22.3 Å². The number of hydrogen-bond acceptors (Lipinski definition) is 6. The first kappa shape index (κ1) is 52.9. The molecule has 7 aromatic rings. The summed E-state index contributed by atoms with van der Waals surface area (Å²) in [5.41, 5.74) is -3.71. The molecule has 0 radical (unpaired) electrons. The number of nitrogen functional groups attached to an aromatic ring is 2. The molecule has 0 aromatic heterocycles. The van der Waals surface area contributed by atoms with Crippen LogP contribution in [0, 0.1) is 11.6 Å². The predicted octanol–water partition coefficient (Wildman–Crippen LogP) is 13.5. The maximum absolute atomic E-state index is 14.5. The van der Waals surface area contributed by atoms with Crippen molar-refractivity contribution in [2.24, 2.45) is 0 Å². The zero-order valence-electron chi connectivity index (χ0n) is 36.8. The average molecular weight is 1040 g/mol. The lowest BCUT2D eigenvalue weighted by molar-refractivity contribution is -0.139. The van der Waals surface area contributed by atoms with Crippen molar-refractivity contribution < 1.29 is 80.6 Å². The largest absolute Gasteiger partial charge is 0.417 e. The maximum Gasteiger partial charge on any atom is 0.417 e. The number of rotatable bonds is 10. The van der Waals surface area contributed by atoms with E-state index >= 15 is 0 Å². The molecule has 10 nitrogen and oxygen atoms in total. The average Bonchev–Trinajstić information content (AvgIpc) is 3.30. The van der Waals surface area contributed by atoms with Crippen LogP contribution in [0.3, 0.4) is 0 Å². The molecule has 382 valence electrons. The molecule has 0 aliphatic heterocycles. The van der Waals surface area contributed by atoms with Crippen LogP contribution in [0.15, 0.2) is 133 Å². The Morgan fingerprint density at radius 1 is 0.324 bits per heavy atom. The van der Waals surface area contributed by atoms with Gasteiger partial charge in [-0.2, -0.15) is 52.7 Å². The predicted molar refractivity (Wildman–Crippen MR) is 244 cm³/mol. The van der Waals surface area contributed by atoms with Gasteiger partial charge in [0, 0.05) is 45.3 Å². The Kier molecular flexibility index (Phi) is 14.2. The number of alkyl halides is 12. The van der Waals surface area contributed by atoms with E-state index in [1.165, 1.54) is 0 Å². The summed E-state index contributed by atoms with van der Waals surface area (Å²) >= 11 is 0. The van der Waals surface area contributed by atoms with Crippen LogP contribution in [-0.2, 0) is 24.7 Å². The van der Waals surface area contributed by atoms with E-state index in [-0.39, 0.29) is 22.5 Å². The molecule has 0 heterocycles. The normalized spacial score (nSPS) is 12.0. The zero-order valence-corrected chi connectivity index (χ0v) is 36.8. The van der Waals surface area contributed by atoms with E-state index in [1.54, 1.807) is 0 Å². The second kappa shape index (κ2) is 19.9. The molecule has 0 bridgehead atoms. The van der Waals surface area contributed by atoms with Crippen LogP contribution >= 0.6 is 0 Å². The molecule has 7 rings (SSSR count). The molecule has 74 heavy (non-hydrogen) atoms. The molecule has 0 saturated carbocycles. The topological polar surface area (TPSA) is 168 Å². The number of benzene rings is 7. The molecular formula is C50H30F14N6O4. The van der Waals surface area contributed by atoms with Crippen molar-refractivity contribution in [2.75, 3.05) is 32.7 Å². The molecule has 0 atom stereocenters. The Morgan fingerprint density at radius 2 is 0.568 bits per heavy atom. The molecule has 7 aromatic carbocycles. The molecule has 0 saturated heterocycles. The fraction of sp³-hybridized carbons (Fsp3) is 0.0800. The quantitative estimate of drug-likeness (QED) is 0.0589. The van der Waals surface area contributed by atoms with Crippen LogP contribution in [0.5, 0.6) is 0 Å². The minimum absolute atomic E-state index is 0.0569. The van der Waals surface area contributed by atoms with Crippen molar-refractivity contribution >= 4 is 57.8 Å². The second-order valence-electron chi connectivity index (χ2n) is 15.9. The lowest BCUT2D eigenvalue weighted by Gasteiger charge is -2.20. The van der Waals surface area contributed by atoms with Gasteiger partial charge < -0.3 is 32.7 Å². The number of nitrogens with one attached hydrogen (secondary N) is 4. The van der Waals surface area contributed by atoms with Gasteiger partial charge in [-0.15, -0.1) is 0 Å². The van der Waals surface area contributed by atoms with Crippen LogP contribution in [0.1, 0.15) is 63.7 Å². The summed E-state index contributed by atoms with van der Waals surface area (Å²) in [5, 5.41) is 8.41. The van der Waals surface area contributed by atoms with Gasteiger partial charge in [-0.05, 0) is 131 Å². The summed E-state index contributed by atoms with van der Waals surface area (Å²) in [6, 6.07) is 17.2. The van der Waals surface area contributed by atoms with Crippen molar-refractivity contribution in [1.29, 1.82) is 0 Å². The van der Waals surface area contributed by atoms with Gasteiger partial charge in [0.2, 0.25) is 0 Å². The van der Waals surface area contributed by atoms with Gasteiger partial charge in [-0.3, -0.25) is 19.2 Å². The number of amides is 4. The molecular weight excluding hydrogens is 1010 g/mol. The second-order valence-corrected chi connectivity index (χ2v) is 15.9. The summed E-state index contributed by atoms with van der Waals surface area (Å²) in [6.45, 7) is 0. The Bertz CT molecular complexity index is 3150. The van der Waals surface area contributed by atoms with Crippen molar-refractivity contribution in [3.63, 3.8) is 0 Å². The number of carbonyl (C=O) groups is 4. The van der Waals surface area contributed by atoms with Gasteiger partial charge in [-0.25, -0.2) is 8.78 Å². The number of hydrogen-bond donors (Lipinski definition) is 6. The fourth-order valence-electron chi connectivity index (χ4n) is 7.37. The molecule has 0 aliphatic rings. The fourth-order valence-corrected chi connectivity index (χ4v) is 7.37. The van der Waals surface area contributed by atoms with E-state index in [2.05, 4.69) is 21.3 Å². The molecule has 0 fully saturated rings. The highest BCUT2D eigenvalue weighted by Crippen LogP contribution is 2.46. The van der Waals surface area contributed by atoms with Gasteiger partial charge in [0.1, 0.15) is 11.6 Å². The van der Waals surface area contributed by atoms with Crippen LogP contribution in [0.4, 0.5) is 95.6 Å². The van der Waals surface area contributed by atoms with E-state index < -0.39 is 138 Å². The van der Waals surface area contributed by atoms with E-state index in [0.29, 0.717) is 48.5 Å². The lowest BCUT2D eigenvalue weighted by atomic mass is 9.93. The van der Waals surface area contributed by atoms with Crippen LogP contribution in [0.2, 0.25) is 0 Å². The molecule has 0 spiro atoms. The zero-order chi connectivity index (χ0) is 54.2. The highest BCUT2D eigenvalue weighted by Gasteiger charge is 2.41. The van der Waals surface area contributed by atoms with Gasteiger partial charge in [0.15, 0.2) is 0 Å². The van der Waals surface area contributed by atoms with Crippen LogP contribution < -0.4 is 32.7 Å². The summed E-state index contributed by atoms with van der Waals surface area (Å²) in [5.74, 6) is -6.78. The minimum Gasteiger partial charge on any atom is -0.399 e. The van der Waals surface area contributed by atoms with E-state index in [0.717, 1.165) is 84.9 Å². The highest BCUT2D eigenvalue weighted by atomic mass is 19.4. The molecule has 4 amide bonds. The van der Waals surface area contributed by atoms with Crippen molar-refractivity contribution in [3.05, 3.63) is 190 Å². The highest BCUT2D eigenvalue weighted by molar-refractivity contribution is 6.08. The Hall–Kier alpha value is -8.96. The van der Waals surface area contributed by atoms with Gasteiger partial charge in [0.25, 0.3) is 23.6 Å². The number of halogens is 14. The Balaban J connectivity index is 1.08. The van der Waals surface area contributed by atoms with E-state index in [4.69, 9.17) is 11.5 Å². The first-order chi connectivity index (χ1) is 34.5. The Labute approximate surface area is 407 Å². The van der Waals surface area contributed by atoms with E-state index in [1.807, 2.05) is 0 Å². The molecule has 8 N–H and O–H groups in total. The van der Waals surface area contributed by atoms with E-state index in [9.17, 15) is 80.6 Å². The first-order valence-electron chi connectivity index (χ1n) is 20.8. The monoisotopic (exact) mass is 1040 g/mol. The number of anilines is 6. The summed E-state index contributed by atoms with van der Waals surface area (Å²) in [6.07, 6.45) is -21.2. The molecule has 0 unspecified atom stereocenters. The van der Waals surface area contributed by atoms with Crippen molar-refractivity contribution in [1.82, 2.24) is 0 Å². The standard InChI is InChI=1S/C50H30F14N6O4/c51-41-17-25(65)5-11-35(41)45(73)69-29-9-15-33(39(21-29)49(59,60)61)31-13-7-27(19-37(31)47(53,54)55)67-43(71)23-1-2-24(4-3-23)44(72)68-28-8-14-32(38(20-28)48(56,57)58)34-16-10-30(22-40(34)50(62,63)64)70-46(74)36-12-6-26(66)18-42(36)52/h1-22H,65-66H2,(H,67,71)(H,68,72)(H,69,73)(H,70,74). The van der Waals surface area contributed by atoms with Gasteiger partial charge in [0.05, 0.1) is 33.4 Å². The summed E-state index contributed by atoms with van der Waals surface area (Å²) < 4.78 is 202. The SMILES string of the molecule is Nc1ccc(C(=O)Nc2ccc(-c3ccc(NC(=O)c4ccc(C(=O)Nc5ccc(-c6ccc(NC(=O)c7ccc(N)cc7F)cc6C(F)(F)F)c(C(F)(F)F)c5)cc4)cc3C(F)(F)F)c(C(F)(F)F)c2)c(F)c1. The smallest absolute Gasteiger partial charge is 0.399 e. The summed E-state index contributed by atoms with van der Waals surface area (Å²) in [7, 11) is 0. The number of carbonyl (C=O) groups excluding carboxylic acids is 4. The third-order valence-electron chi connectivity index (χ3n) is 10.8. The molecule has 0 aliphatic carbocycles. The van der Waals surface area contributed by atoms with Crippen molar-refractivity contribution in [3.8, 4) is 22.3 Å². The van der Waals surface area contributed by atoms with Gasteiger partial charge >= 0.3 is 24.7 Å². The number of nitrogens with two attached hydrogens (primary N) is 2. The maximum atomic E-state index is 14.5. The first-order valence-corrected chi connectivity index (χ1v) is 20.8.